The van der Waals surface area contributed by atoms with Crippen LogP contribution in [0.3, 0.4) is 0 Å². The first-order chi connectivity index (χ1) is 10.0. The van der Waals surface area contributed by atoms with Gasteiger partial charge in [-0.1, -0.05) is 6.07 Å². The number of aromatic hydroxyl groups is 1. The number of phenols is 1. The van der Waals surface area contributed by atoms with Crippen molar-refractivity contribution in [3.05, 3.63) is 64.0 Å². The lowest BCUT2D eigenvalue weighted by Crippen LogP contribution is -2.04. The molecule has 0 atom stereocenters. The van der Waals surface area contributed by atoms with Gasteiger partial charge < -0.3 is 14.3 Å². The third-order valence-corrected chi connectivity index (χ3v) is 3.43. The van der Waals surface area contributed by atoms with Crippen LogP contribution >= 0.6 is 0 Å². The summed E-state index contributed by atoms with van der Waals surface area (Å²) in [7, 11) is 0. The van der Waals surface area contributed by atoms with Gasteiger partial charge in [0.15, 0.2) is 0 Å². The molecule has 1 N–H and O–H groups in total. The molecule has 106 valence electrons. The average Bonchev–Trinajstić information content (AvgIpc) is 2.46. The van der Waals surface area contributed by atoms with Gasteiger partial charge in [0.05, 0.1) is 5.39 Å². The first-order valence-corrected chi connectivity index (χ1v) is 6.54. The molecule has 0 bridgehead atoms. The minimum Gasteiger partial charge on any atom is -0.508 e. The van der Waals surface area contributed by atoms with Crippen molar-refractivity contribution in [3.8, 4) is 17.2 Å². The second kappa shape index (κ2) is 4.98. The number of benzene rings is 2. The summed E-state index contributed by atoms with van der Waals surface area (Å²) in [6.07, 6.45) is 1.26. The number of rotatable bonds is 2. The molecular weight excluding hydrogens is 268 g/mol. The molecule has 0 saturated heterocycles. The predicted molar refractivity (Wildman–Crippen MR) is 80.1 cm³/mol. The van der Waals surface area contributed by atoms with Gasteiger partial charge in [-0.3, -0.25) is 4.79 Å². The Hall–Kier alpha value is -2.75. The lowest BCUT2D eigenvalue weighted by atomic mass is 10.1. The lowest BCUT2D eigenvalue weighted by molar-refractivity contribution is 0.448. The topological polar surface area (TPSA) is 59.7 Å². The van der Waals surface area contributed by atoms with E-state index < -0.39 is 0 Å². The first-order valence-electron chi connectivity index (χ1n) is 6.54. The largest absolute Gasteiger partial charge is 0.508 e. The maximum absolute atomic E-state index is 12.3. The Labute approximate surface area is 121 Å². The molecule has 4 heteroatoms. The molecule has 0 radical (unpaired) electrons. The maximum atomic E-state index is 12.3. The number of hydrogen-bond acceptors (Lipinski definition) is 4. The van der Waals surface area contributed by atoms with Crippen molar-refractivity contribution in [1.29, 1.82) is 0 Å². The van der Waals surface area contributed by atoms with Crippen LogP contribution in [-0.2, 0) is 0 Å². The maximum Gasteiger partial charge on any atom is 0.235 e. The van der Waals surface area contributed by atoms with Crippen LogP contribution in [0.25, 0.3) is 11.0 Å². The normalized spacial score (nSPS) is 10.8. The van der Waals surface area contributed by atoms with Gasteiger partial charge in [0.25, 0.3) is 0 Å². The molecule has 0 unspecified atom stereocenters. The molecule has 3 rings (SSSR count). The van der Waals surface area contributed by atoms with Crippen LogP contribution in [0.15, 0.2) is 51.9 Å². The molecule has 0 saturated carbocycles. The summed E-state index contributed by atoms with van der Waals surface area (Å²) in [6.45, 7) is 3.99. The molecule has 3 aromatic rings. The first kappa shape index (κ1) is 13.2. The van der Waals surface area contributed by atoms with Gasteiger partial charge in [-0.15, -0.1) is 0 Å². The van der Waals surface area contributed by atoms with E-state index in [1.165, 1.54) is 24.5 Å². The molecule has 1 heterocycles. The third-order valence-electron chi connectivity index (χ3n) is 3.43. The Balaban J connectivity index is 2.05. The Morgan fingerprint density at radius 3 is 2.62 bits per heavy atom. The molecule has 4 nitrogen and oxygen atoms in total. The number of hydrogen-bond donors (Lipinski definition) is 1. The van der Waals surface area contributed by atoms with E-state index in [1.54, 1.807) is 0 Å². The Bertz CT molecular complexity index is 878. The molecular formula is C17H14O4. The standard InChI is InChI=1S/C17H14O4/c1-10-3-5-13(7-11(10)2)21-16-9-20-15-8-12(18)4-6-14(15)17(16)19/h3-9,18H,1-2H3. The van der Waals surface area contributed by atoms with Crippen LogP contribution in [0.2, 0.25) is 0 Å². The van der Waals surface area contributed by atoms with Gasteiger partial charge in [0.2, 0.25) is 11.2 Å². The second-order valence-electron chi connectivity index (χ2n) is 4.96. The van der Waals surface area contributed by atoms with Crippen molar-refractivity contribution in [1.82, 2.24) is 0 Å². The number of ether oxygens (including phenoxy) is 1. The zero-order chi connectivity index (χ0) is 15.0. The van der Waals surface area contributed by atoms with E-state index in [4.69, 9.17) is 9.15 Å². The predicted octanol–water partition coefficient (Wildman–Crippen LogP) is 3.91. The van der Waals surface area contributed by atoms with E-state index in [0.29, 0.717) is 16.7 Å². The highest BCUT2D eigenvalue weighted by Gasteiger charge is 2.10. The summed E-state index contributed by atoms with van der Waals surface area (Å²) in [4.78, 5) is 12.3. The van der Waals surface area contributed by atoms with Crippen LogP contribution in [-0.4, -0.2) is 5.11 Å². The van der Waals surface area contributed by atoms with Gasteiger partial charge in [-0.05, 0) is 49.2 Å². The average molecular weight is 282 g/mol. The van der Waals surface area contributed by atoms with Crippen LogP contribution < -0.4 is 10.2 Å². The minimum absolute atomic E-state index is 0.0495. The van der Waals surface area contributed by atoms with Crippen molar-refractivity contribution in [2.75, 3.05) is 0 Å². The van der Waals surface area contributed by atoms with E-state index in [1.807, 2.05) is 32.0 Å². The summed E-state index contributed by atoms with van der Waals surface area (Å²) in [6, 6.07) is 9.98. The van der Waals surface area contributed by atoms with E-state index >= 15 is 0 Å². The summed E-state index contributed by atoms with van der Waals surface area (Å²) in [5.41, 5.74) is 2.30. The lowest BCUT2D eigenvalue weighted by Gasteiger charge is -2.07. The molecule has 0 spiro atoms. The van der Waals surface area contributed by atoms with Gasteiger partial charge in [0, 0.05) is 6.07 Å². The number of fused-ring (bicyclic) bond motifs is 1. The zero-order valence-electron chi connectivity index (χ0n) is 11.7. The van der Waals surface area contributed by atoms with E-state index in [9.17, 15) is 9.90 Å². The Kier molecular flexibility index (Phi) is 3.14. The molecule has 0 amide bonds. The number of phenolic OH excluding ortho intramolecular Hbond substituents is 1. The highest BCUT2D eigenvalue weighted by molar-refractivity contribution is 5.78. The molecule has 2 aromatic carbocycles. The van der Waals surface area contributed by atoms with Crippen molar-refractivity contribution < 1.29 is 14.3 Å². The van der Waals surface area contributed by atoms with Crippen LogP contribution in [0.1, 0.15) is 11.1 Å². The fourth-order valence-electron chi connectivity index (χ4n) is 2.07. The van der Waals surface area contributed by atoms with E-state index in [0.717, 1.165) is 11.1 Å². The molecule has 1 aromatic heterocycles. The van der Waals surface area contributed by atoms with Crippen LogP contribution in [0.5, 0.6) is 17.2 Å². The summed E-state index contributed by atoms with van der Waals surface area (Å²) >= 11 is 0. The SMILES string of the molecule is Cc1ccc(Oc2coc3cc(O)ccc3c2=O)cc1C. The highest BCUT2D eigenvalue weighted by atomic mass is 16.5. The van der Waals surface area contributed by atoms with Gasteiger partial charge in [-0.2, -0.15) is 0 Å². The third kappa shape index (κ3) is 2.48. The molecule has 21 heavy (non-hydrogen) atoms. The van der Waals surface area contributed by atoms with Crippen LogP contribution in [0.4, 0.5) is 0 Å². The molecule has 0 aliphatic rings. The molecule has 0 aliphatic heterocycles. The monoisotopic (exact) mass is 282 g/mol. The van der Waals surface area contributed by atoms with Crippen molar-refractivity contribution in [2.24, 2.45) is 0 Å². The van der Waals surface area contributed by atoms with Crippen LogP contribution in [0, 0.1) is 13.8 Å². The summed E-state index contributed by atoms with van der Waals surface area (Å²) < 4.78 is 11.0. The molecule has 0 fully saturated rings. The number of aryl methyl sites for hydroxylation is 2. The Morgan fingerprint density at radius 2 is 1.86 bits per heavy atom. The minimum atomic E-state index is -0.269. The van der Waals surface area contributed by atoms with Crippen molar-refractivity contribution >= 4 is 11.0 Å². The summed E-state index contributed by atoms with van der Waals surface area (Å²) in [5.74, 6) is 0.758. The van der Waals surface area contributed by atoms with E-state index in [-0.39, 0.29) is 16.9 Å². The van der Waals surface area contributed by atoms with Gasteiger partial charge in [0.1, 0.15) is 23.3 Å². The highest BCUT2D eigenvalue weighted by Crippen LogP contribution is 2.24. The van der Waals surface area contributed by atoms with Gasteiger partial charge in [-0.25, -0.2) is 0 Å². The van der Waals surface area contributed by atoms with Crippen molar-refractivity contribution in [2.45, 2.75) is 13.8 Å². The summed E-state index contributed by atoms with van der Waals surface area (Å²) in [5, 5.41) is 9.76. The second-order valence-corrected chi connectivity index (χ2v) is 4.96. The quantitative estimate of drug-likeness (QED) is 0.774. The zero-order valence-corrected chi connectivity index (χ0v) is 11.7. The fourth-order valence-corrected chi connectivity index (χ4v) is 2.07. The fraction of sp³-hybridized carbons (Fsp3) is 0.118. The van der Waals surface area contributed by atoms with Crippen molar-refractivity contribution in [3.63, 3.8) is 0 Å². The smallest absolute Gasteiger partial charge is 0.235 e. The van der Waals surface area contributed by atoms with Gasteiger partial charge >= 0.3 is 0 Å². The Morgan fingerprint density at radius 1 is 1.05 bits per heavy atom. The molecule has 0 aliphatic carbocycles. The van der Waals surface area contributed by atoms with E-state index in [2.05, 4.69) is 0 Å².